The summed E-state index contributed by atoms with van der Waals surface area (Å²) in [5, 5.41) is 7.83. The van der Waals surface area contributed by atoms with Crippen molar-refractivity contribution >= 4 is 23.8 Å². The van der Waals surface area contributed by atoms with E-state index in [0.717, 1.165) is 13.1 Å². The van der Waals surface area contributed by atoms with Gasteiger partial charge in [-0.2, -0.15) is 0 Å². The van der Waals surface area contributed by atoms with Gasteiger partial charge in [-0.05, 0) is 35.0 Å². The van der Waals surface area contributed by atoms with Gasteiger partial charge in [0.15, 0.2) is 0 Å². The Morgan fingerprint density at radius 2 is 1.00 bits per heavy atom. The molecule has 0 atom stereocenters. The SMILES string of the molecule is c1ccc(CNCc2ccccc2P(c2ccccc2)c2ccccc2)cc1. The summed E-state index contributed by atoms with van der Waals surface area (Å²) < 4.78 is 0. The lowest BCUT2D eigenvalue weighted by atomic mass is 10.2. The minimum atomic E-state index is -0.578. The first-order chi connectivity index (χ1) is 13.9. The molecule has 0 unspecified atom stereocenters. The summed E-state index contributed by atoms with van der Waals surface area (Å²) in [6, 6.07) is 41.2. The Bertz CT molecular complexity index is 945. The van der Waals surface area contributed by atoms with Crippen LogP contribution in [0.4, 0.5) is 0 Å². The van der Waals surface area contributed by atoms with Crippen LogP contribution in [0.2, 0.25) is 0 Å². The van der Waals surface area contributed by atoms with Crippen LogP contribution in [0.15, 0.2) is 115 Å². The van der Waals surface area contributed by atoms with Crippen molar-refractivity contribution in [2.45, 2.75) is 13.1 Å². The predicted molar refractivity (Wildman–Crippen MR) is 122 cm³/mol. The molecule has 4 aromatic rings. The van der Waals surface area contributed by atoms with Crippen molar-refractivity contribution in [1.29, 1.82) is 0 Å². The molecule has 0 saturated heterocycles. The summed E-state index contributed by atoms with van der Waals surface area (Å²) in [5.41, 5.74) is 2.69. The third-order valence-electron chi connectivity index (χ3n) is 4.75. The Kier molecular flexibility index (Phi) is 6.29. The van der Waals surface area contributed by atoms with Gasteiger partial charge >= 0.3 is 0 Å². The number of nitrogens with one attached hydrogen (secondary N) is 1. The zero-order valence-corrected chi connectivity index (χ0v) is 16.7. The summed E-state index contributed by atoms with van der Waals surface area (Å²) in [5.74, 6) is 0. The normalized spacial score (nSPS) is 10.9. The van der Waals surface area contributed by atoms with E-state index in [1.165, 1.54) is 27.0 Å². The van der Waals surface area contributed by atoms with Crippen LogP contribution in [0, 0.1) is 0 Å². The van der Waals surface area contributed by atoms with Crippen molar-refractivity contribution in [3.63, 3.8) is 0 Å². The van der Waals surface area contributed by atoms with Gasteiger partial charge in [0.05, 0.1) is 0 Å². The second-order valence-corrected chi connectivity index (χ2v) is 8.91. The maximum absolute atomic E-state index is 3.63. The Morgan fingerprint density at radius 1 is 0.500 bits per heavy atom. The second kappa shape index (κ2) is 9.46. The van der Waals surface area contributed by atoms with Crippen LogP contribution in [-0.2, 0) is 13.1 Å². The highest BCUT2D eigenvalue weighted by Gasteiger charge is 2.18. The smallest absolute Gasteiger partial charge is 0.0215 e. The van der Waals surface area contributed by atoms with E-state index in [1.807, 2.05) is 0 Å². The van der Waals surface area contributed by atoms with E-state index in [-0.39, 0.29) is 0 Å². The summed E-state index contributed by atoms with van der Waals surface area (Å²) in [6.07, 6.45) is 0. The van der Waals surface area contributed by atoms with Crippen molar-refractivity contribution in [3.05, 3.63) is 126 Å². The van der Waals surface area contributed by atoms with Crippen LogP contribution in [0.25, 0.3) is 0 Å². The van der Waals surface area contributed by atoms with Crippen LogP contribution >= 0.6 is 7.92 Å². The van der Waals surface area contributed by atoms with Gasteiger partial charge in [0.1, 0.15) is 0 Å². The third-order valence-corrected chi connectivity index (χ3v) is 7.30. The summed E-state index contributed by atoms with van der Waals surface area (Å²) >= 11 is 0. The highest BCUT2D eigenvalue weighted by atomic mass is 31.1. The molecule has 0 spiro atoms. The fraction of sp³-hybridized carbons (Fsp3) is 0.0769. The Labute approximate surface area is 168 Å². The molecular formula is C26H24NP. The Morgan fingerprint density at radius 3 is 1.61 bits per heavy atom. The molecule has 0 heterocycles. The van der Waals surface area contributed by atoms with Crippen molar-refractivity contribution in [3.8, 4) is 0 Å². The molecule has 0 saturated carbocycles. The average Bonchev–Trinajstić information content (AvgIpc) is 2.77. The zero-order chi connectivity index (χ0) is 19.0. The molecule has 0 aliphatic rings. The zero-order valence-electron chi connectivity index (χ0n) is 15.8. The topological polar surface area (TPSA) is 12.0 Å². The molecular weight excluding hydrogens is 357 g/mol. The maximum Gasteiger partial charge on any atom is 0.0215 e. The van der Waals surface area contributed by atoms with Crippen molar-refractivity contribution in [1.82, 2.24) is 5.32 Å². The van der Waals surface area contributed by atoms with Crippen LogP contribution in [0.5, 0.6) is 0 Å². The van der Waals surface area contributed by atoms with Crippen LogP contribution in [-0.4, -0.2) is 0 Å². The molecule has 28 heavy (non-hydrogen) atoms. The van der Waals surface area contributed by atoms with E-state index in [4.69, 9.17) is 0 Å². The molecule has 1 nitrogen and oxygen atoms in total. The summed E-state index contributed by atoms with van der Waals surface area (Å²) in [4.78, 5) is 0. The standard InChI is InChI=1S/C26H24NP/c1-4-12-22(13-5-1)20-27-21-23-14-10-11-19-26(23)28(24-15-6-2-7-16-24)25-17-8-3-9-18-25/h1-19,27H,20-21H2. The molecule has 0 amide bonds. The monoisotopic (exact) mass is 381 g/mol. The van der Waals surface area contributed by atoms with Gasteiger partial charge in [-0.25, -0.2) is 0 Å². The number of hydrogen-bond acceptors (Lipinski definition) is 1. The molecule has 2 heteroatoms. The molecule has 4 aromatic carbocycles. The van der Waals surface area contributed by atoms with Crippen molar-refractivity contribution < 1.29 is 0 Å². The van der Waals surface area contributed by atoms with Crippen molar-refractivity contribution in [2.24, 2.45) is 0 Å². The first-order valence-electron chi connectivity index (χ1n) is 9.64. The highest BCUT2D eigenvalue weighted by Crippen LogP contribution is 2.33. The summed E-state index contributed by atoms with van der Waals surface area (Å²) in [7, 11) is -0.578. The molecule has 0 aliphatic carbocycles. The fourth-order valence-electron chi connectivity index (χ4n) is 3.40. The lowest BCUT2D eigenvalue weighted by molar-refractivity contribution is 0.696. The second-order valence-electron chi connectivity index (χ2n) is 6.72. The first kappa shape index (κ1) is 18.6. The molecule has 1 N–H and O–H groups in total. The highest BCUT2D eigenvalue weighted by molar-refractivity contribution is 7.79. The van der Waals surface area contributed by atoms with E-state index < -0.39 is 7.92 Å². The van der Waals surface area contributed by atoms with Crippen molar-refractivity contribution in [2.75, 3.05) is 0 Å². The molecule has 0 aromatic heterocycles. The number of benzene rings is 4. The predicted octanol–water partition coefficient (Wildman–Crippen LogP) is 4.73. The Hall–Kier alpha value is -2.73. The van der Waals surface area contributed by atoms with Gasteiger partial charge in [-0.3, -0.25) is 0 Å². The van der Waals surface area contributed by atoms with Gasteiger partial charge in [0.25, 0.3) is 0 Å². The Balaban J connectivity index is 1.64. The molecule has 0 bridgehead atoms. The van der Waals surface area contributed by atoms with Gasteiger partial charge in [-0.15, -0.1) is 0 Å². The maximum atomic E-state index is 3.63. The van der Waals surface area contributed by atoms with Crippen LogP contribution in [0.3, 0.4) is 0 Å². The molecule has 0 aliphatic heterocycles. The average molecular weight is 381 g/mol. The molecule has 0 fully saturated rings. The quantitative estimate of drug-likeness (QED) is 0.456. The van der Waals surface area contributed by atoms with Crippen LogP contribution < -0.4 is 21.2 Å². The van der Waals surface area contributed by atoms with E-state index in [1.54, 1.807) is 0 Å². The molecule has 0 radical (unpaired) electrons. The lowest BCUT2D eigenvalue weighted by Crippen LogP contribution is -2.25. The van der Waals surface area contributed by atoms with Gasteiger partial charge in [0, 0.05) is 13.1 Å². The summed E-state index contributed by atoms with van der Waals surface area (Å²) in [6.45, 7) is 1.74. The molecule has 138 valence electrons. The largest absolute Gasteiger partial charge is 0.309 e. The van der Waals surface area contributed by atoms with Crippen LogP contribution in [0.1, 0.15) is 11.1 Å². The first-order valence-corrected chi connectivity index (χ1v) is 11.0. The number of rotatable bonds is 7. The van der Waals surface area contributed by atoms with Gasteiger partial charge in [0.2, 0.25) is 0 Å². The minimum absolute atomic E-state index is 0.578. The van der Waals surface area contributed by atoms with E-state index >= 15 is 0 Å². The van der Waals surface area contributed by atoms with Gasteiger partial charge in [-0.1, -0.05) is 115 Å². The lowest BCUT2D eigenvalue weighted by Gasteiger charge is -2.22. The molecule has 4 rings (SSSR count). The van der Waals surface area contributed by atoms with Gasteiger partial charge < -0.3 is 5.32 Å². The number of hydrogen-bond donors (Lipinski definition) is 1. The fourth-order valence-corrected chi connectivity index (χ4v) is 5.87. The van der Waals surface area contributed by atoms with E-state index in [0.29, 0.717) is 0 Å². The van der Waals surface area contributed by atoms with E-state index in [2.05, 4.69) is 121 Å². The third kappa shape index (κ3) is 4.57. The van der Waals surface area contributed by atoms with E-state index in [9.17, 15) is 0 Å². The minimum Gasteiger partial charge on any atom is -0.309 e.